The largest absolute Gasteiger partial charge is 0.336 e. The molecule has 1 aliphatic rings. The minimum atomic E-state index is 0.135. The number of carbonyl (C=O) groups is 1. The van der Waals surface area contributed by atoms with Gasteiger partial charge < -0.3 is 4.90 Å². The second kappa shape index (κ2) is 6.53. The molecule has 2 rings (SSSR count). The summed E-state index contributed by atoms with van der Waals surface area (Å²) >= 11 is 3.45. The number of piperazine rings is 1. The van der Waals surface area contributed by atoms with Gasteiger partial charge >= 0.3 is 0 Å². The molecule has 1 aromatic carbocycles. The lowest BCUT2D eigenvalue weighted by molar-refractivity contribution is 0.0579. The first-order chi connectivity index (χ1) is 9.13. The number of rotatable bonds is 3. The van der Waals surface area contributed by atoms with Crippen LogP contribution in [0.15, 0.2) is 28.7 Å². The first kappa shape index (κ1) is 14.5. The van der Waals surface area contributed by atoms with Gasteiger partial charge in [0.25, 0.3) is 5.91 Å². The summed E-state index contributed by atoms with van der Waals surface area (Å²) in [5.41, 5.74) is 0.763. The Labute approximate surface area is 123 Å². The van der Waals surface area contributed by atoms with Gasteiger partial charge in [0, 0.05) is 36.7 Å². The molecular weight excluding hydrogens is 304 g/mol. The number of halogens is 1. The van der Waals surface area contributed by atoms with Crippen molar-refractivity contribution in [1.82, 2.24) is 9.80 Å². The highest BCUT2D eigenvalue weighted by Gasteiger charge is 2.24. The van der Waals surface area contributed by atoms with Crippen LogP contribution in [0.2, 0.25) is 0 Å². The van der Waals surface area contributed by atoms with E-state index in [9.17, 15) is 4.79 Å². The number of hydrogen-bond donors (Lipinski definition) is 0. The van der Waals surface area contributed by atoms with Gasteiger partial charge in [0.05, 0.1) is 5.56 Å². The lowest BCUT2D eigenvalue weighted by Crippen LogP contribution is -2.51. The summed E-state index contributed by atoms with van der Waals surface area (Å²) < 4.78 is 0.879. The zero-order valence-electron chi connectivity index (χ0n) is 11.6. The third kappa shape index (κ3) is 3.37. The van der Waals surface area contributed by atoms with Gasteiger partial charge in [-0.1, -0.05) is 19.1 Å². The number of benzene rings is 1. The van der Waals surface area contributed by atoms with E-state index in [2.05, 4.69) is 34.7 Å². The zero-order chi connectivity index (χ0) is 13.8. The Kier molecular flexibility index (Phi) is 4.99. The fourth-order valence-electron chi connectivity index (χ4n) is 2.43. The molecule has 0 aliphatic carbocycles. The lowest BCUT2D eigenvalue weighted by Gasteiger charge is -2.38. The first-order valence-corrected chi connectivity index (χ1v) is 7.70. The number of hydrogen-bond acceptors (Lipinski definition) is 2. The molecule has 0 bridgehead atoms. The van der Waals surface area contributed by atoms with Crippen LogP contribution in [0.1, 0.15) is 30.6 Å². The highest BCUT2D eigenvalue weighted by Crippen LogP contribution is 2.19. The van der Waals surface area contributed by atoms with Crippen LogP contribution < -0.4 is 0 Å². The molecule has 0 radical (unpaired) electrons. The van der Waals surface area contributed by atoms with E-state index in [1.54, 1.807) is 0 Å². The molecule has 1 aromatic rings. The number of carbonyl (C=O) groups excluding carboxylic acids is 1. The molecule has 19 heavy (non-hydrogen) atoms. The standard InChI is InChI=1S/C15H21BrN2O/c1-3-12(2)17-8-10-18(11-9-17)15(19)13-6-4-5-7-14(13)16/h4-7,12H,3,8-11H2,1-2H3. The van der Waals surface area contributed by atoms with Crippen LogP contribution in [0.25, 0.3) is 0 Å². The van der Waals surface area contributed by atoms with Crippen LogP contribution in [0.4, 0.5) is 0 Å². The van der Waals surface area contributed by atoms with Gasteiger partial charge in [0.2, 0.25) is 0 Å². The van der Waals surface area contributed by atoms with E-state index in [4.69, 9.17) is 0 Å². The summed E-state index contributed by atoms with van der Waals surface area (Å²) in [6.45, 7) is 8.07. The number of nitrogens with zero attached hydrogens (tertiary/aromatic N) is 2. The molecule has 0 spiro atoms. The lowest BCUT2D eigenvalue weighted by atomic mass is 10.1. The predicted octanol–water partition coefficient (Wildman–Crippen LogP) is 3.01. The fraction of sp³-hybridized carbons (Fsp3) is 0.533. The summed E-state index contributed by atoms with van der Waals surface area (Å²) in [6, 6.07) is 8.26. The van der Waals surface area contributed by atoms with Crippen LogP contribution >= 0.6 is 15.9 Å². The van der Waals surface area contributed by atoms with Crippen molar-refractivity contribution < 1.29 is 4.79 Å². The molecule has 1 aliphatic heterocycles. The normalized spacial score (nSPS) is 18.4. The van der Waals surface area contributed by atoms with Gasteiger partial charge in [0.15, 0.2) is 0 Å². The molecular formula is C15H21BrN2O. The summed E-state index contributed by atoms with van der Waals surface area (Å²) in [6.07, 6.45) is 1.16. The van der Waals surface area contributed by atoms with Crippen molar-refractivity contribution in [3.63, 3.8) is 0 Å². The van der Waals surface area contributed by atoms with E-state index in [0.717, 1.165) is 42.6 Å². The second-order valence-corrected chi connectivity index (χ2v) is 5.92. The van der Waals surface area contributed by atoms with E-state index in [-0.39, 0.29) is 5.91 Å². The first-order valence-electron chi connectivity index (χ1n) is 6.91. The van der Waals surface area contributed by atoms with Crippen molar-refractivity contribution in [2.75, 3.05) is 26.2 Å². The molecule has 1 heterocycles. The monoisotopic (exact) mass is 324 g/mol. The topological polar surface area (TPSA) is 23.6 Å². The molecule has 1 atom stereocenters. The molecule has 3 nitrogen and oxygen atoms in total. The van der Waals surface area contributed by atoms with Crippen molar-refractivity contribution in [2.45, 2.75) is 26.3 Å². The van der Waals surface area contributed by atoms with E-state index in [1.165, 1.54) is 0 Å². The van der Waals surface area contributed by atoms with Crippen molar-refractivity contribution >= 4 is 21.8 Å². The van der Waals surface area contributed by atoms with Gasteiger partial charge in [0.1, 0.15) is 0 Å². The Morgan fingerprint density at radius 3 is 2.47 bits per heavy atom. The average molecular weight is 325 g/mol. The SMILES string of the molecule is CCC(C)N1CCN(C(=O)c2ccccc2Br)CC1. The van der Waals surface area contributed by atoms with E-state index in [0.29, 0.717) is 6.04 Å². The maximum Gasteiger partial charge on any atom is 0.255 e. The minimum Gasteiger partial charge on any atom is -0.336 e. The second-order valence-electron chi connectivity index (χ2n) is 5.07. The van der Waals surface area contributed by atoms with Crippen molar-refractivity contribution in [1.29, 1.82) is 0 Å². The Balaban J connectivity index is 1.98. The Hall–Kier alpha value is -0.870. The van der Waals surface area contributed by atoms with E-state index >= 15 is 0 Å². The Morgan fingerprint density at radius 1 is 1.26 bits per heavy atom. The minimum absolute atomic E-state index is 0.135. The van der Waals surface area contributed by atoms with Crippen molar-refractivity contribution in [3.05, 3.63) is 34.3 Å². The summed E-state index contributed by atoms with van der Waals surface area (Å²) in [5, 5.41) is 0. The van der Waals surface area contributed by atoms with Gasteiger partial charge in [-0.25, -0.2) is 0 Å². The Bertz CT molecular complexity index is 442. The van der Waals surface area contributed by atoms with Crippen LogP contribution in [0.5, 0.6) is 0 Å². The van der Waals surface area contributed by atoms with Gasteiger partial charge in [-0.2, -0.15) is 0 Å². The predicted molar refractivity (Wildman–Crippen MR) is 81.4 cm³/mol. The molecule has 1 unspecified atom stereocenters. The maximum absolute atomic E-state index is 12.4. The van der Waals surface area contributed by atoms with Crippen molar-refractivity contribution in [2.24, 2.45) is 0 Å². The van der Waals surface area contributed by atoms with E-state index in [1.807, 2.05) is 29.2 Å². The quantitative estimate of drug-likeness (QED) is 0.853. The highest BCUT2D eigenvalue weighted by atomic mass is 79.9. The molecule has 0 N–H and O–H groups in total. The third-order valence-electron chi connectivity index (χ3n) is 3.92. The molecule has 0 saturated carbocycles. The zero-order valence-corrected chi connectivity index (χ0v) is 13.2. The van der Waals surface area contributed by atoms with E-state index < -0.39 is 0 Å². The fourth-order valence-corrected chi connectivity index (χ4v) is 2.88. The highest BCUT2D eigenvalue weighted by molar-refractivity contribution is 9.10. The van der Waals surface area contributed by atoms with Crippen molar-refractivity contribution in [3.8, 4) is 0 Å². The van der Waals surface area contributed by atoms with Gasteiger partial charge in [-0.05, 0) is 41.4 Å². The molecule has 1 amide bonds. The summed E-state index contributed by atoms with van der Waals surface area (Å²) in [4.78, 5) is 16.9. The smallest absolute Gasteiger partial charge is 0.255 e. The molecule has 104 valence electrons. The summed E-state index contributed by atoms with van der Waals surface area (Å²) in [5.74, 6) is 0.135. The van der Waals surface area contributed by atoms with Crippen LogP contribution in [0, 0.1) is 0 Å². The van der Waals surface area contributed by atoms with Crippen LogP contribution in [-0.2, 0) is 0 Å². The third-order valence-corrected chi connectivity index (χ3v) is 4.61. The molecule has 0 aromatic heterocycles. The maximum atomic E-state index is 12.4. The Morgan fingerprint density at radius 2 is 1.89 bits per heavy atom. The average Bonchev–Trinajstić information content (AvgIpc) is 2.46. The van der Waals surface area contributed by atoms with Crippen LogP contribution in [0.3, 0.4) is 0 Å². The molecule has 1 fully saturated rings. The molecule has 1 saturated heterocycles. The summed E-state index contributed by atoms with van der Waals surface area (Å²) in [7, 11) is 0. The van der Waals surface area contributed by atoms with Gasteiger partial charge in [-0.15, -0.1) is 0 Å². The van der Waals surface area contributed by atoms with Crippen LogP contribution in [-0.4, -0.2) is 47.9 Å². The number of amides is 1. The molecule has 4 heteroatoms. The van der Waals surface area contributed by atoms with Gasteiger partial charge in [-0.3, -0.25) is 9.69 Å².